The minimum atomic E-state index is -3.63. The highest BCUT2D eigenvalue weighted by Crippen LogP contribution is 2.29. The third kappa shape index (κ3) is 3.09. The third-order valence-corrected chi connectivity index (χ3v) is 3.49. The predicted octanol–water partition coefficient (Wildman–Crippen LogP) is 1.37. The van der Waals surface area contributed by atoms with Gasteiger partial charge in [0.15, 0.2) is 9.84 Å². The van der Waals surface area contributed by atoms with E-state index in [0.29, 0.717) is 5.75 Å². The lowest BCUT2D eigenvalue weighted by Gasteiger charge is -2.10. The summed E-state index contributed by atoms with van der Waals surface area (Å²) in [4.78, 5) is 10.7. The molecule has 2 aromatic rings. The lowest BCUT2D eigenvalue weighted by atomic mass is 10.2. The van der Waals surface area contributed by atoms with E-state index in [1.165, 1.54) is 30.6 Å². The Kier molecular flexibility index (Phi) is 3.66. The first-order valence-corrected chi connectivity index (χ1v) is 7.29. The number of carboxylic acids is 1. The van der Waals surface area contributed by atoms with Gasteiger partial charge in [-0.15, -0.1) is 0 Å². The van der Waals surface area contributed by atoms with Gasteiger partial charge in [-0.2, -0.15) is 10.2 Å². The molecule has 0 spiro atoms. The average molecular weight is 294 g/mol. The summed E-state index contributed by atoms with van der Waals surface area (Å²) in [6.45, 7) is 0. The quantitative estimate of drug-likeness (QED) is 0.907. The third-order valence-electron chi connectivity index (χ3n) is 2.38. The van der Waals surface area contributed by atoms with Crippen LogP contribution in [0.4, 0.5) is 0 Å². The van der Waals surface area contributed by atoms with Gasteiger partial charge in [0, 0.05) is 12.3 Å². The van der Waals surface area contributed by atoms with Crippen LogP contribution in [-0.2, 0) is 9.84 Å². The van der Waals surface area contributed by atoms with Crippen LogP contribution < -0.4 is 4.74 Å². The summed E-state index contributed by atoms with van der Waals surface area (Å²) in [6.07, 6.45) is 3.68. The van der Waals surface area contributed by atoms with E-state index >= 15 is 0 Å². The first-order chi connectivity index (χ1) is 9.38. The number of carbonyl (C=O) groups is 1. The number of ether oxygens (including phenoxy) is 1. The molecule has 0 aliphatic carbocycles. The average Bonchev–Trinajstić information content (AvgIpc) is 2.39. The van der Waals surface area contributed by atoms with Crippen LogP contribution in [0.2, 0.25) is 0 Å². The van der Waals surface area contributed by atoms with Gasteiger partial charge in [0.25, 0.3) is 0 Å². The second kappa shape index (κ2) is 5.25. The van der Waals surface area contributed by atoms with Crippen LogP contribution in [0.15, 0.2) is 41.6 Å². The Labute approximate surface area is 114 Å². The molecule has 7 nitrogen and oxygen atoms in total. The van der Waals surface area contributed by atoms with E-state index in [1.54, 1.807) is 0 Å². The molecular formula is C12H10N2O5S. The van der Waals surface area contributed by atoms with Gasteiger partial charge in [-0.1, -0.05) is 0 Å². The van der Waals surface area contributed by atoms with Gasteiger partial charge in [0.1, 0.15) is 16.4 Å². The molecule has 0 saturated carbocycles. The molecule has 0 aliphatic heterocycles. The summed E-state index contributed by atoms with van der Waals surface area (Å²) in [6, 6.07) is 5.12. The molecule has 1 N–H and O–H groups in total. The molecule has 0 unspecified atom stereocenters. The normalized spacial score (nSPS) is 11.1. The maximum Gasteiger partial charge on any atom is 0.335 e. The van der Waals surface area contributed by atoms with E-state index < -0.39 is 15.8 Å². The van der Waals surface area contributed by atoms with Crippen molar-refractivity contribution >= 4 is 15.8 Å². The summed E-state index contributed by atoms with van der Waals surface area (Å²) >= 11 is 0. The smallest absolute Gasteiger partial charge is 0.335 e. The molecule has 0 atom stereocenters. The molecule has 1 heterocycles. The second-order valence-corrected chi connectivity index (χ2v) is 5.90. The number of carboxylic acid groups (broad SMARTS) is 1. The Hall–Kier alpha value is -2.48. The first kappa shape index (κ1) is 13.9. The number of rotatable bonds is 4. The molecule has 0 saturated heterocycles. The summed E-state index contributed by atoms with van der Waals surface area (Å²) in [7, 11) is -3.63. The Morgan fingerprint density at radius 2 is 2.00 bits per heavy atom. The van der Waals surface area contributed by atoms with Crippen molar-refractivity contribution < 1.29 is 23.1 Å². The predicted molar refractivity (Wildman–Crippen MR) is 68.6 cm³/mol. The van der Waals surface area contributed by atoms with Crippen LogP contribution in [0, 0.1) is 0 Å². The SMILES string of the molecule is CS(=O)(=O)c1cc(C(=O)O)ccc1Oc1ccnnc1. The fraction of sp³-hybridized carbons (Fsp3) is 0.0833. The van der Waals surface area contributed by atoms with Crippen molar-refractivity contribution in [2.75, 3.05) is 6.26 Å². The van der Waals surface area contributed by atoms with E-state index in [-0.39, 0.29) is 16.2 Å². The monoisotopic (exact) mass is 294 g/mol. The van der Waals surface area contributed by atoms with Crippen LogP contribution in [-0.4, -0.2) is 35.9 Å². The Bertz CT molecular complexity index is 744. The zero-order valence-corrected chi connectivity index (χ0v) is 11.2. The van der Waals surface area contributed by atoms with Gasteiger partial charge < -0.3 is 9.84 Å². The second-order valence-electron chi connectivity index (χ2n) is 3.92. The highest BCUT2D eigenvalue weighted by Gasteiger charge is 2.18. The lowest BCUT2D eigenvalue weighted by molar-refractivity contribution is 0.0696. The van der Waals surface area contributed by atoms with Gasteiger partial charge in [-0.05, 0) is 18.2 Å². The van der Waals surface area contributed by atoms with Crippen LogP contribution in [0.3, 0.4) is 0 Å². The highest BCUT2D eigenvalue weighted by molar-refractivity contribution is 7.90. The van der Waals surface area contributed by atoms with Crippen LogP contribution in [0.5, 0.6) is 11.5 Å². The number of hydrogen-bond donors (Lipinski definition) is 1. The molecular weight excluding hydrogens is 284 g/mol. The number of aromatic carboxylic acids is 1. The molecule has 1 aromatic heterocycles. The summed E-state index contributed by atoms with van der Waals surface area (Å²) in [5.74, 6) is -0.884. The Morgan fingerprint density at radius 3 is 2.55 bits per heavy atom. The molecule has 20 heavy (non-hydrogen) atoms. The van der Waals surface area contributed by atoms with Crippen molar-refractivity contribution in [1.82, 2.24) is 10.2 Å². The molecule has 1 aromatic carbocycles. The fourth-order valence-corrected chi connectivity index (χ4v) is 2.30. The zero-order chi connectivity index (χ0) is 14.8. The molecule has 0 bridgehead atoms. The molecule has 2 rings (SSSR count). The van der Waals surface area contributed by atoms with Crippen molar-refractivity contribution in [3.8, 4) is 11.5 Å². The Morgan fingerprint density at radius 1 is 1.25 bits per heavy atom. The summed E-state index contributed by atoms with van der Waals surface area (Å²) in [5.41, 5.74) is -0.134. The fourth-order valence-electron chi connectivity index (χ4n) is 1.48. The van der Waals surface area contributed by atoms with Crippen LogP contribution >= 0.6 is 0 Å². The zero-order valence-electron chi connectivity index (χ0n) is 10.3. The van der Waals surface area contributed by atoms with Crippen molar-refractivity contribution in [3.63, 3.8) is 0 Å². The number of benzene rings is 1. The highest BCUT2D eigenvalue weighted by atomic mass is 32.2. The molecule has 104 valence electrons. The molecule has 0 amide bonds. The minimum absolute atomic E-state index is 0.0329. The van der Waals surface area contributed by atoms with E-state index in [4.69, 9.17) is 9.84 Å². The van der Waals surface area contributed by atoms with E-state index in [9.17, 15) is 13.2 Å². The number of nitrogens with zero attached hydrogens (tertiary/aromatic N) is 2. The van der Waals surface area contributed by atoms with Gasteiger partial charge in [-0.25, -0.2) is 13.2 Å². The van der Waals surface area contributed by atoms with E-state index in [0.717, 1.165) is 12.3 Å². The van der Waals surface area contributed by atoms with E-state index in [2.05, 4.69) is 10.2 Å². The Balaban J connectivity index is 2.50. The first-order valence-electron chi connectivity index (χ1n) is 5.40. The van der Waals surface area contributed by atoms with Crippen molar-refractivity contribution in [3.05, 3.63) is 42.2 Å². The van der Waals surface area contributed by atoms with Gasteiger partial charge in [-0.3, -0.25) is 0 Å². The standard InChI is InChI=1S/C12H10N2O5S/c1-20(17,18)11-6-8(12(15)16)2-3-10(11)19-9-4-5-13-14-7-9/h2-7H,1H3,(H,15,16). The van der Waals surface area contributed by atoms with Crippen molar-refractivity contribution in [2.45, 2.75) is 4.90 Å². The van der Waals surface area contributed by atoms with Crippen molar-refractivity contribution in [2.24, 2.45) is 0 Å². The van der Waals surface area contributed by atoms with E-state index in [1.807, 2.05) is 0 Å². The largest absolute Gasteiger partial charge is 0.478 e. The number of sulfone groups is 1. The molecule has 0 aliphatic rings. The topological polar surface area (TPSA) is 106 Å². The number of aromatic nitrogens is 2. The molecule has 0 radical (unpaired) electrons. The molecule has 0 fully saturated rings. The van der Waals surface area contributed by atoms with Gasteiger partial charge >= 0.3 is 5.97 Å². The lowest BCUT2D eigenvalue weighted by Crippen LogP contribution is -2.04. The minimum Gasteiger partial charge on any atom is -0.478 e. The maximum absolute atomic E-state index is 11.7. The van der Waals surface area contributed by atoms with Crippen molar-refractivity contribution in [1.29, 1.82) is 0 Å². The maximum atomic E-state index is 11.7. The molecule has 8 heteroatoms. The van der Waals surface area contributed by atoms with Gasteiger partial charge in [0.2, 0.25) is 0 Å². The number of hydrogen-bond acceptors (Lipinski definition) is 6. The summed E-state index contributed by atoms with van der Waals surface area (Å²) in [5, 5.41) is 16.1. The summed E-state index contributed by atoms with van der Waals surface area (Å²) < 4.78 is 28.8. The van der Waals surface area contributed by atoms with Crippen LogP contribution in [0.25, 0.3) is 0 Å². The van der Waals surface area contributed by atoms with Gasteiger partial charge in [0.05, 0.1) is 18.0 Å². The van der Waals surface area contributed by atoms with Crippen LogP contribution in [0.1, 0.15) is 10.4 Å².